The number of nitrogens with zero attached hydrogens (tertiary/aromatic N) is 2. The van der Waals surface area contributed by atoms with E-state index in [1.807, 2.05) is 78.9 Å². The molecule has 154 valence electrons. The van der Waals surface area contributed by atoms with E-state index in [9.17, 15) is 4.79 Å². The van der Waals surface area contributed by atoms with Gasteiger partial charge < -0.3 is 21.5 Å². The first-order valence-electron chi connectivity index (χ1n) is 9.66. The average molecular weight is 411 g/mol. The fourth-order valence-corrected chi connectivity index (χ4v) is 3.14. The molecule has 0 aliphatic carbocycles. The third kappa shape index (κ3) is 4.97. The molecule has 0 saturated heterocycles. The van der Waals surface area contributed by atoms with Crippen molar-refractivity contribution >= 4 is 23.2 Å². The summed E-state index contributed by atoms with van der Waals surface area (Å²) in [5.41, 5.74) is 14.6. The van der Waals surface area contributed by atoms with Gasteiger partial charge in [0.05, 0.1) is 12.0 Å². The van der Waals surface area contributed by atoms with E-state index in [1.165, 1.54) is 6.33 Å². The Balaban J connectivity index is 1.57. The summed E-state index contributed by atoms with van der Waals surface area (Å²) in [7, 11) is 0. The van der Waals surface area contributed by atoms with Crippen molar-refractivity contribution in [2.24, 2.45) is 5.73 Å². The molecule has 0 unspecified atom stereocenters. The smallest absolute Gasteiger partial charge is 0.221 e. The van der Waals surface area contributed by atoms with Crippen LogP contribution in [0.3, 0.4) is 0 Å². The van der Waals surface area contributed by atoms with Gasteiger partial charge in [0.2, 0.25) is 5.91 Å². The van der Waals surface area contributed by atoms with E-state index >= 15 is 0 Å². The Labute approximate surface area is 179 Å². The molecule has 1 aromatic heterocycles. The van der Waals surface area contributed by atoms with E-state index in [4.69, 9.17) is 16.2 Å². The van der Waals surface area contributed by atoms with Gasteiger partial charge in [-0.15, -0.1) is 0 Å². The van der Waals surface area contributed by atoms with Crippen molar-refractivity contribution in [2.75, 3.05) is 11.1 Å². The number of carbonyl (C=O) groups is 1. The Kier molecular flexibility index (Phi) is 5.75. The molecule has 0 saturated carbocycles. The zero-order chi connectivity index (χ0) is 21.6. The van der Waals surface area contributed by atoms with E-state index in [0.29, 0.717) is 22.9 Å². The highest BCUT2D eigenvalue weighted by atomic mass is 16.5. The van der Waals surface area contributed by atoms with Crippen LogP contribution >= 0.6 is 0 Å². The summed E-state index contributed by atoms with van der Waals surface area (Å²) in [4.78, 5) is 19.6. The van der Waals surface area contributed by atoms with Gasteiger partial charge in [0.1, 0.15) is 29.5 Å². The third-order valence-corrected chi connectivity index (χ3v) is 4.59. The molecular formula is C24H21N5O2. The summed E-state index contributed by atoms with van der Waals surface area (Å²) in [6.07, 6.45) is 1.61. The van der Waals surface area contributed by atoms with Gasteiger partial charge in [-0.25, -0.2) is 9.97 Å². The van der Waals surface area contributed by atoms with Crippen molar-refractivity contribution in [1.82, 2.24) is 9.97 Å². The summed E-state index contributed by atoms with van der Waals surface area (Å²) in [6, 6.07) is 24.5. The lowest BCUT2D eigenvalue weighted by Gasteiger charge is -2.14. The number of aromatic nitrogens is 2. The normalized spacial score (nSPS) is 10.5. The minimum atomic E-state index is -0.369. The predicted molar refractivity (Wildman–Crippen MR) is 121 cm³/mol. The van der Waals surface area contributed by atoms with E-state index in [1.54, 1.807) is 0 Å². The second-order valence-electron chi connectivity index (χ2n) is 6.89. The van der Waals surface area contributed by atoms with Crippen LogP contribution in [0.25, 0.3) is 11.1 Å². The summed E-state index contributed by atoms with van der Waals surface area (Å²) in [6.45, 7) is 0. The number of hydrogen-bond donors (Lipinski definition) is 3. The number of anilines is 3. The van der Waals surface area contributed by atoms with Gasteiger partial charge in [-0.3, -0.25) is 4.79 Å². The van der Waals surface area contributed by atoms with Crippen LogP contribution in [0.4, 0.5) is 17.3 Å². The summed E-state index contributed by atoms with van der Waals surface area (Å²) < 4.78 is 5.85. The summed E-state index contributed by atoms with van der Waals surface area (Å²) >= 11 is 0. The monoisotopic (exact) mass is 411 g/mol. The minimum absolute atomic E-state index is 0.198. The quantitative estimate of drug-likeness (QED) is 0.418. The Hall–Kier alpha value is -4.39. The van der Waals surface area contributed by atoms with Crippen molar-refractivity contribution in [3.63, 3.8) is 0 Å². The van der Waals surface area contributed by atoms with Crippen molar-refractivity contribution in [1.29, 1.82) is 0 Å². The highest BCUT2D eigenvalue weighted by Gasteiger charge is 2.13. The SMILES string of the molecule is NC(=O)Cc1ccc(Nc2ncnc(N)c2-c2ccc(Oc3ccccc3)cc2)cc1. The zero-order valence-electron chi connectivity index (χ0n) is 16.7. The van der Waals surface area contributed by atoms with E-state index in [2.05, 4.69) is 15.3 Å². The maximum absolute atomic E-state index is 11.1. The van der Waals surface area contributed by atoms with Crippen LogP contribution in [-0.2, 0) is 11.2 Å². The molecule has 4 aromatic rings. The predicted octanol–water partition coefficient (Wildman–Crippen LogP) is 4.29. The number of nitrogen functional groups attached to an aromatic ring is 1. The number of rotatable bonds is 7. The molecule has 31 heavy (non-hydrogen) atoms. The first kappa shape index (κ1) is 19.9. The first-order valence-corrected chi connectivity index (χ1v) is 9.66. The highest BCUT2D eigenvalue weighted by Crippen LogP contribution is 2.34. The van der Waals surface area contributed by atoms with Gasteiger partial charge in [0, 0.05) is 5.69 Å². The minimum Gasteiger partial charge on any atom is -0.457 e. The molecule has 1 amide bonds. The lowest BCUT2D eigenvalue weighted by atomic mass is 10.1. The number of benzene rings is 3. The number of hydrogen-bond acceptors (Lipinski definition) is 6. The molecule has 0 fully saturated rings. The van der Waals surface area contributed by atoms with Crippen LogP contribution in [-0.4, -0.2) is 15.9 Å². The topological polar surface area (TPSA) is 116 Å². The molecular weight excluding hydrogens is 390 g/mol. The van der Waals surface area contributed by atoms with Crippen LogP contribution in [0.2, 0.25) is 0 Å². The summed E-state index contributed by atoms with van der Waals surface area (Å²) in [5, 5.41) is 3.27. The number of amides is 1. The van der Waals surface area contributed by atoms with Gasteiger partial charge in [0.15, 0.2) is 0 Å². The van der Waals surface area contributed by atoms with Crippen LogP contribution in [0.5, 0.6) is 11.5 Å². The standard InChI is InChI=1S/C24H21N5O2/c25-21(30)14-16-6-10-18(11-7-16)29-24-22(23(26)27-15-28-24)17-8-12-20(13-9-17)31-19-4-2-1-3-5-19/h1-13,15H,14H2,(H2,25,30)(H3,26,27,28,29). The Morgan fingerprint density at radius 3 is 2.23 bits per heavy atom. The molecule has 7 heteroatoms. The molecule has 0 aliphatic rings. The van der Waals surface area contributed by atoms with Crippen molar-refractivity contribution < 1.29 is 9.53 Å². The fourth-order valence-electron chi connectivity index (χ4n) is 3.14. The largest absolute Gasteiger partial charge is 0.457 e. The van der Waals surface area contributed by atoms with Crippen LogP contribution in [0.15, 0.2) is 85.2 Å². The first-order chi connectivity index (χ1) is 15.1. The molecule has 0 aliphatic heterocycles. The maximum atomic E-state index is 11.1. The second-order valence-corrected chi connectivity index (χ2v) is 6.89. The van der Waals surface area contributed by atoms with Crippen LogP contribution < -0.4 is 21.5 Å². The van der Waals surface area contributed by atoms with Crippen LogP contribution in [0.1, 0.15) is 5.56 Å². The van der Waals surface area contributed by atoms with E-state index in [-0.39, 0.29) is 12.3 Å². The van der Waals surface area contributed by atoms with Crippen LogP contribution in [0, 0.1) is 0 Å². The van der Waals surface area contributed by atoms with Gasteiger partial charge in [-0.2, -0.15) is 0 Å². The van der Waals surface area contributed by atoms with Crippen molar-refractivity contribution in [2.45, 2.75) is 6.42 Å². The molecule has 1 heterocycles. The lowest BCUT2D eigenvalue weighted by molar-refractivity contribution is -0.117. The lowest BCUT2D eigenvalue weighted by Crippen LogP contribution is -2.13. The third-order valence-electron chi connectivity index (χ3n) is 4.59. The molecule has 0 radical (unpaired) electrons. The molecule has 7 nitrogen and oxygen atoms in total. The van der Waals surface area contributed by atoms with Gasteiger partial charge >= 0.3 is 0 Å². The molecule has 5 N–H and O–H groups in total. The number of nitrogens with one attached hydrogen (secondary N) is 1. The number of primary amides is 1. The molecule has 3 aromatic carbocycles. The molecule has 0 bridgehead atoms. The summed E-state index contributed by atoms with van der Waals surface area (Å²) in [5.74, 6) is 2.04. The highest BCUT2D eigenvalue weighted by molar-refractivity contribution is 5.85. The number of para-hydroxylation sites is 1. The molecule has 0 spiro atoms. The molecule has 0 atom stereocenters. The Bertz CT molecular complexity index is 1180. The maximum Gasteiger partial charge on any atom is 0.221 e. The number of ether oxygens (including phenoxy) is 1. The van der Waals surface area contributed by atoms with Gasteiger partial charge in [-0.05, 0) is 47.5 Å². The van der Waals surface area contributed by atoms with Crippen molar-refractivity contribution in [3.05, 3.63) is 90.8 Å². The number of nitrogens with two attached hydrogens (primary N) is 2. The molecule has 4 rings (SSSR count). The average Bonchev–Trinajstić information content (AvgIpc) is 2.77. The van der Waals surface area contributed by atoms with Gasteiger partial charge in [0.25, 0.3) is 0 Å². The second kappa shape index (κ2) is 8.96. The Morgan fingerprint density at radius 2 is 1.55 bits per heavy atom. The van der Waals surface area contributed by atoms with E-state index < -0.39 is 0 Å². The Morgan fingerprint density at radius 1 is 0.871 bits per heavy atom. The van der Waals surface area contributed by atoms with Crippen molar-refractivity contribution in [3.8, 4) is 22.6 Å². The zero-order valence-corrected chi connectivity index (χ0v) is 16.7. The fraction of sp³-hybridized carbons (Fsp3) is 0.0417. The van der Waals surface area contributed by atoms with E-state index in [0.717, 1.165) is 22.6 Å². The number of carbonyl (C=O) groups excluding carboxylic acids is 1. The van der Waals surface area contributed by atoms with Gasteiger partial charge in [-0.1, -0.05) is 42.5 Å².